The molecule has 0 saturated heterocycles. The summed E-state index contributed by atoms with van der Waals surface area (Å²) in [6, 6.07) is 0. The molecule has 0 rings (SSSR count). The van der Waals surface area contributed by atoms with E-state index in [4.69, 9.17) is 0 Å². The van der Waals surface area contributed by atoms with Crippen molar-refractivity contribution in [3.8, 4) is 0 Å². The van der Waals surface area contributed by atoms with Gasteiger partial charge in [0.25, 0.3) is 0 Å². The van der Waals surface area contributed by atoms with Crippen LogP contribution in [0.1, 0.15) is 41.5 Å². The van der Waals surface area contributed by atoms with Crippen molar-refractivity contribution in [1.82, 2.24) is 0 Å². The van der Waals surface area contributed by atoms with Crippen LogP contribution in [0.25, 0.3) is 0 Å². The third kappa shape index (κ3) is 9000. The van der Waals surface area contributed by atoms with Gasteiger partial charge in [-0.3, -0.25) is 0 Å². The summed E-state index contributed by atoms with van der Waals surface area (Å²) in [5.74, 6) is 0. The molecule has 0 amide bonds. The van der Waals surface area contributed by atoms with E-state index in [9.17, 15) is 15.3 Å². The second-order valence-electron chi connectivity index (χ2n) is 3.15. The van der Waals surface area contributed by atoms with E-state index in [1.54, 1.807) is 41.5 Å². The smallest absolute Gasteiger partial charge is 0 e. The van der Waals surface area contributed by atoms with Crippen molar-refractivity contribution in [2.75, 3.05) is 0 Å². The number of hydrogen-bond acceptors (Lipinski definition) is 4. The third-order valence-corrected chi connectivity index (χ3v) is 0. The zero-order valence-electron chi connectivity index (χ0n) is 9.85. The summed E-state index contributed by atoms with van der Waals surface area (Å²) < 4.78 is 0. The molecule has 0 aliphatic heterocycles. The molecule has 0 aliphatic rings. The molecule has 14 heavy (non-hydrogen) atoms. The van der Waals surface area contributed by atoms with Crippen LogP contribution in [0.15, 0.2) is 0 Å². The molecule has 0 heterocycles. The first kappa shape index (κ1) is 29.3. The normalized spacial score (nSPS) is 7.71. The van der Waals surface area contributed by atoms with Crippen LogP contribution in [0.2, 0.25) is 0 Å². The average Bonchev–Trinajstić information content (AvgIpc) is 1.54. The summed E-state index contributed by atoms with van der Waals surface area (Å²) in [4.78, 5) is 0. The van der Waals surface area contributed by atoms with Gasteiger partial charge in [0.2, 0.25) is 0 Å². The van der Waals surface area contributed by atoms with Crippen LogP contribution < -0.4 is 15.3 Å². The van der Waals surface area contributed by atoms with Gasteiger partial charge in [-0.2, -0.15) is 0 Å². The van der Waals surface area contributed by atoms with E-state index in [0.29, 0.717) is 0 Å². The average molecular weight is 245 g/mol. The zero-order valence-corrected chi connectivity index (χ0v) is 11.2. The van der Waals surface area contributed by atoms with Crippen molar-refractivity contribution < 1.29 is 39.4 Å². The second kappa shape index (κ2) is 23.3. The minimum absolute atomic E-state index is 0. The van der Waals surface area contributed by atoms with Gasteiger partial charge in [0.15, 0.2) is 0 Å². The topological polar surface area (TPSA) is 99.2 Å². The monoisotopic (exact) mass is 245 g/mol. The molecule has 5 heteroatoms. The summed E-state index contributed by atoms with van der Waals surface area (Å²) in [5, 5.41) is 28.6. The molecular weight excluding hydrogens is 223 g/mol. The van der Waals surface area contributed by atoms with Crippen molar-refractivity contribution >= 4 is 0 Å². The first-order chi connectivity index (χ1) is 5.20. The van der Waals surface area contributed by atoms with Gasteiger partial charge in [-0.15, -0.1) is 18.3 Å². The van der Waals surface area contributed by atoms with Gasteiger partial charge in [-0.05, 0) is 0 Å². The predicted octanol–water partition coefficient (Wildman–Crippen LogP) is -0.914. The number of hydrogen-bond donors (Lipinski definition) is 0. The van der Waals surface area contributed by atoms with Crippen LogP contribution in [0.4, 0.5) is 0 Å². The molecule has 91 valence electrons. The van der Waals surface area contributed by atoms with Gasteiger partial charge in [0.1, 0.15) is 0 Å². The summed E-state index contributed by atoms with van der Waals surface area (Å²) >= 11 is 0. The second-order valence-corrected chi connectivity index (χ2v) is 3.15. The Bertz CT molecular complexity index is 45.3. The number of rotatable bonds is 0. The molecule has 0 bridgehead atoms. The maximum atomic E-state index is 9.53. The van der Waals surface area contributed by atoms with Crippen LogP contribution in [-0.4, -0.2) is 23.8 Å². The molecule has 0 fully saturated rings. The Labute approximate surface area is 99.5 Å². The van der Waals surface area contributed by atoms with Crippen molar-refractivity contribution in [2.24, 2.45) is 0 Å². The predicted molar refractivity (Wildman–Crippen MR) is 47.3 cm³/mol. The Balaban J connectivity index is -0.0000000270. The quantitative estimate of drug-likeness (QED) is 0.551. The maximum absolute atomic E-state index is 9.53. The van der Waals surface area contributed by atoms with Crippen LogP contribution in [0.3, 0.4) is 0 Å². The van der Waals surface area contributed by atoms with E-state index < -0.39 is 18.3 Å². The summed E-state index contributed by atoms with van der Waals surface area (Å²) in [6.07, 6.45) is -1.25. The molecule has 0 spiro atoms. The van der Waals surface area contributed by atoms with Crippen molar-refractivity contribution in [3.05, 3.63) is 0 Å². The summed E-state index contributed by atoms with van der Waals surface area (Å²) in [6.45, 7) is 9.67. The summed E-state index contributed by atoms with van der Waals surface area (Å²) in [5.41, 5.74) is 0. The van der Waals surface area contributed by atoms with Crippen molar-refractivity contribution in [3.63, 3.8) is 0 Å². The van der Waals surface area contributed by atoms with E-state index in [-0.39, 0.29) is 24.0 Å². The van der Waals surface area contributed by atoms with Gasteiger partial charge >= 0.3 is 0 Å². The molecule has 0 unspecified atom stereocenters. The fourth-order valence-corrected chi connectivity index (χ4v) is 0. The van der Waals surface area contributed by atoms with Crippen LogP contribution in [0, 0.1) is 0 Å². The largest absolute Gasteiger partial charge is 0.870 e. The van der Waals surface area contributed by atoms with E-state index in [0.717, 1.165) is 0 Å². The molecule has 0 aromatic heterocycles. The summed E-state index contributed by atoms with van der Waals surface area (Å²) in [7, 11) is 0. The molecule has 0 aromatic carbocycles. The van der Waals surface area contributed by atoms with Gasteiger partial charge in [-0.25, -0.2) is 0 Å². The SMILES string of the molecule is CC(C)[O-].CC(C)[O-].CC(C)[O-].[OH-].[V]. The van der Waals surface area contributed by atoms with Crippen LogP contribution >= 0.6 is 0 Å². The fraction of sp³-hybridized carbons (Fsp3) is 1.00. The molecule has 0 aliphatic carbocycles. The first-order valence-corrected chi connectivity index (χ1v) is 4.17. The molecule has 1 N–H and O–H groups in total. The molecule has 0 saturated carbocycles. The molecule has 0 atom stereocenters. The Hall–Kier alpha value is 0.424. The minimum Gasteiger partial charge on any atom is -0.870 e. The maximum Gasteiger partial charge on any atom is 0 e. The van der Waals surface area contributed by atoms with Crippen molar-refractivity contribution in [2.45, 2.75) is 59.9 Å². The fourth-order valence-electron chi connectivity index (χ4n) is 0. The van der Waals surface area contributed by atoms with E-state index in [1.807, 2.05) is 0 Å². The van der Waals surface area contributed by atoms with Gasteiger partial charge in [0.05, 0.1) is 0 Å². The van der Waals surface area contributed by atoms with Gasteiger partial charge in [-0.1, -0.05) is 41.5 Å². The standard InChI is InChI=1S/3C3H7O.H2O.V/c3*1-3(2)4;;/h3*3H,1-2H3;1H2;/q3*-1;;/p-1. The van der Waals surface area contributed by atoms with E-state index in [2.05, 4.69) is 0 Å². The Morgan fingerprint density at radius 1 is 0.571 bits per heavy atom. The Morgan fingerprint density at radius 3 is 0.571 bits per heavy atom. The molecule has 4 nitrogen and oxygen atoms in total. The van der Waals surface area contributed by atoms with Gasteiger partial charge in [0, 0.05) is 18.6 Å². The minimum atomic E-state index is -0.417. The van der Waals surface area contributed by atoms with E-state index in [1.165, 1.54) is 0 Å². The molecule has 0 aromatic rings. The zero-order chi connectivity index (χ0) is 10.7. The van der Waals surface area contributed by atoms with Crippen LogP contribution in [0.5, 0.6) is 0 Å². The third-order valence-electron chi connectivity index (χ3n) is 0. The van der Waals surface area contributed by atoms with E-state index >= 15 is 0 Å². The van der Waals surface area contributed by atoms with Gasteiger partial charge < -0.3 is 20.8 Å². The Morgan fingerprint density at radius 2 is 0.571 bits per heavy atom. The molecular formula is C9H22O4V-4. The van der Waals surface area contributed by atoms with Crippen molar-refractivity contribution in [1.29, 1.82) is 0 Å². The first-order valence-electron chi connectivity index (χ1n) is 4.17. The van der Waals surface area contributed by atoms with Crippen LogP contribution in [-0.2, 0) is 18.6 Å². The Kier molecular flexibility index (Phi) is 48.8. The molecule has 1 radical (unpaired) electrons.